The zero-order valence-corrected chi connectivity index (χ0v) is 30.7. The lowest BCUT2D eigenvalue weighted by atomic mass is 9.92. The molecule has 2 amide bonds. The van der Waals surface area contributed by atoms with E-state index in [4.69, 9.17) is 4.74 Å². The normalized spacial score (nSPS) is 16.2. The van der Waals surface area contributed by atoms with Crippen LogP contribution in [0.25, 0.3) is 16.6 Å². The van der Waals surface area contributed by atoms with Gasteiger partial charge in [-0.2, -0.15) is 0 Å². The Labute approximate surface area is 318 Å². The number of fused-ring (bicyclic) bond motifs is 2. The van der Waals surface area contributed by atoms with Gasteiger partial charge in [-0.15, -0.1) is 0 Å². The van der Waals surface area contributed by atoms with Crippen LogP contribution in [0.5, 0.6) is 17.2 Å². The predicted molar refractivity (Wildman–Crippen MR) is 210 cm³/mol. The molecule has 6 aromatic rings. The number of halogens is 1. The van der Waals surface area contributed by atoms with Crippen LogP contribution in [-0.2, 0) is 13.0 Å². The van der Waals surface area contributed by atoms with Crippen molar-refractivity contribution < 1.29 is 28.9 Å². The van der Waals surface area contributed by atoms with Crippen molar-refractivity contribution in [3.63, 3.8) is 0 Å². The summed E-state index contributed by atoms with van der Waals surface area (Å²) in [6.07, 6.45) is 2.40. The summed E-state index contributed by atoms with van der Waals surface area (Å²) >= 11 is 0. The Morgan fingerprint density at radius 1 is 0.818 bits per heavy atom. The van der Waals surface area contributed by atoms with Gasteiger partial charge in [0, 0.05) is 74.3 Å². The van der Waals surface area contributed by atoms with Crippen molar-refractivity contribution in [1.29, 1.82) is 0 Å². The minimum absolute atomic E-state index is 0.0355. The first kappa shape index (κ1) is 35.8. The number of carbonyl (C=O) groups excluding carboxylic acids is 2. The minimum Gasteiger partial charge on any atom is -0.508 e. The molecule has 2 aliphatic heterocycles. The molecule has 0 bridgehead atoms. The number of piperazine rings is 1. The SMILES string of the molecule is COc1cc(-n2cc(C(=O)N(c3ccc(O)cc3)c3ccc(F)cc3)c3ccccc32)c(C(=O)N2Cc3ccccc3C[C@H]2CN2CCN(C)CC2)cc1O. The Hall–Kier alpha value is -6.17. The lowest BCUT2D eigenvalue weighted by Gasteiger charge is -2.41. The molecule has 1 saturated heterocycles. The Bertz CT molecular complexity index is 2320. The third-order valence-electron chi connectivity index (χ3n) is 10.8. The fourth-order valence-corrected chi connectivity index (χ4v) is 7.81. The van der Waals surface area contributed by atoms with Crippen LogP contribution in [0.15, 0.2) is 115 Å². The highest BCUT2D eigenvalue weighted by molar-refractivity contribution is 6.17. The first-order valence-electron chi connectivity index (χ1n) is 18.4. The molecule has 280 valence electrons. The summed E-state index contributed by atoms with van der Waals surface area (Å²) in [4.78, 5) is 38.0. The molecule has 8 rings (SSSR count). The Morgan fingerprint density at radius 2 is 1.47 bits per heavy atom. The van der Waals surface area contributed by atoms with Crippen molar-refractivity contribution in [1.82, 2.24) is 19.3 Å². The second-order valence-corrected chi connectivity index (χ2v) is 14.3. The van der Waals surface area contributed by atoms with Gasteiger partial charge in [0.05, 0.1) is 29.4 Å². The number of aromatic hydroxyl groups is 2. The largest absolute Gasteiger partial charge is 0.508 e. The van der Waals surface area contributed by atoms with Crippen molar-refractivity contribution in [2.75, 3.05) is 51.8 Å². The number of likely N-dealkylation sites (N-methyl/N-ethyl adjacent to an activating group) is 1. The first-order valence-corrected chi connectivity index (χ1v) is 18.4. The summed E-state index contributed by atoms with van der Waals surface area (Å²) in [5, 5.41) is 21.8. The van der Waals surface area contributed by atoms with Gasteiger partial charge in [0.15, 0.2) is 11.5 Å². The van der Waals surface area contributed by atoms with Gasteiger partial charge in [0.2, 0.25) is 0 Å². The topological polar surface area (TPSA) is 102 Å². The van der Waals surface area contributed by atoms with E-state index in [-0.39, 0.29) is 34.8 Å². The molecule has 2 aliphatic rings. The van der Waals surface area contributed by atoms with Crippen LogP contribution in [-0.4, -0.2) is 94.2 Å². The average molecular weight is 740 g/mol. The van der Waals surface area contributed by atoms with Crippen LogP contribution in [0.1, 0.15) is 31.8 Å². The van der Waals surface area contributed by atoms with Gasteiger partial charge in [-0.3, -0.25) is 19.4 Å². The number of para-hydroxylation sites is 1. The van der Waals surface area contributed by atoms with Gasteiger partial charge < -0.3 is 29.3 Å². The van der Waals surface area contributed by atoms with E-state index in [1.807, 2.05) is 41.3 Å². The molecular formula is C44H42FN5O5. The van der Waals surface area contributed by atoms with Gasteiger partial charge in [-0.25, -0.2) is 4.39 Å². The lowest BCUT2D eigenvalue weighted by molar-refractivity contribution is 0.0535. The number of carbonyl (C=O) groups is 2. The fourth-order valence-electron chi connectivity index (χ4n) is 7.81. The second-order valence-electron chi connectivity index (χ2n) is 14.3. The summed E-state index contributed by atoms with van der Waals surface area (Å²) in [5.41, 5.74) is 4.85. The molecule has 1 atom stereocenters. The van der Waals surface area contributed by atoms with Gasteiger partial charge >= 0.3 is 0 Å². The predicted octanol–water partition coefficient (Wildman–Crippen LogP) is 6.98. The van der Waals surface area contributed by atoms with Crippen LogP contribution >= 0.6 is 0 Å². The molecule has 55 heavy (non-hydrogen) atoms. The molecule has 0 saturated carbocycles. The van der Waals surface area contributed by atoms with Crippen molar-refractivity contribution >= 4 is 34.1 Å². The number of phenols is 2. The molecule has 11 heteroatoms. The van der Waals surface area contributed by atoms with Crippen molar-refractivity contribution in [2.24, 2.45) is 0 Å². The molecule has 0 radical (unpaired) electrons. The highest BCUT2D eigenvalue weighted by Crippen LogP contribution is 2.38. The Kier molecular flexibility index (Phi) is 9.73. The molecule has 0 unspecified atom stereocenters. The number of ether oxygens (including phenoxy) is 1. The number of nitrogens with zero attached hydrogens (tertiary/aromatic N) is 5. The number of amides is 2. The molecule has 3 heterocycles. The summed E-state index contributed by atoms with van der Waals surface area (Å²) in [6.45, 7) is 4.87. The van der Waals surface area contributed by atoms with E-state index in [1.165, 1.54) is 60.0 Å². The second kappa shape index (κ2) is 14.9. The van der Waals surface area contributed by atoms with Gasteiger partial charge in [0.1, 0.15) is 11.6 Å². The number of phenolic OH excluding ortho intramolecular Hbond substituents is 2. The molecule has 10 nitrogen and oxygen atoms in total. The van der Waals surface area contributed by atoms with Crippen LogP contribution in [0, 0.1) is 5.82 Å². The van der Waals surface area contributed by atoms with Crippen LogP contribution in [0.2, 0.25) is 0 Å². The fraction of sp³-hybridized carbons (Fsp3) is 0.227. The number of hydrogen-bond acceptors (Lipinski definition) is 7. The van der Waals surface area contributed by atoms with Crippen LogP contribution in [0.4, 0.5) is 15.8 Å². The highest BCUT2D eigenvalue weighted by Gasteiger charge is 2.35. The first-order chi connectivity index (χ1) is 26.7. The van der Waals surface area contributed by atoms with Gasteiger partial charge in [-0.05, 0) is 85.3 Å². The molecule has 1 fully saturated rings. The van der Waals surface area contributed by atoms with Crippen molar-refractivity contribution in [2.45, 2.75) is 19.0 Å². The maximum absolute atomic E-state index is 15.1. The number of anilines is 2. The average Bonchev–Trinajstić information content (AvgIpc) is 3.59. The van der Waals surface area contributed by atoms with Crippen LogP contribution < -0.4 is 9.64 Å². The van der Waals surface area contributed by atoms with Crippen molar-refractivity contribution in [3.05, 3.63) is 143 Å². The van der Waals surface area contributed by atoms with E-state index < -0.39 is 11.7 Å². The smallest absolute Gasteiger partial charge is 0.265 e. The minimum atomic E-state index is -0.445. The van der Waals surface area contributed by atoms with E-state index in [1.54, 1.807) is 29.0 Å². The monoisotopic (exact) mass is 739 g/mol. The zero-order chi connectivity index (χ0) is 38.2. The summed E-state index contributed by atoms with van der Waals surface area (Å²) in [7, 11) is 3.58. The quantitative estimate of drug-likeness (QED) is 0.174. The third-order valence-corrected chi connectivity index (χ3v) is 10.8. The maximum atomic E-state index is 15.1. The molecule has 1 aromatic heterocycles. The summed E-state index contributed by atoms with van der Waals surface area (Å²) in [5.74, 6) is -1.07. The van der Waals surface area contributed by atoms with Crippen LogP contribution in [0.3, 0.4) is 0 Å². The standard InChI is InChI=1S/C44H42FN5O5/c1-46-19-21-47(22-20-46)27-34-23-29-7-3-4-8-30(29)26-48(34)43(53)37-24-41(52)42(55-2)25-40(37)49-28-38(36-9-5-6-10-39(36)49)44(54)50(32-13-11-31(45)12-14-32)33-15-17-35(51)18-16-33/h3-18,24-25,28,34,51-52H,19-23,26-27H2,1-2H3/t34-/m0/s1. The molecule has 0 aliphatic carbocycles. The number of methoxy groups -OCH3 is 1. The van der Waals surface area contributed by atoms with E-state index in [0.717, 1.165) is 31.7 Å². The van der Waals surface area contributed by atoms with Gasteiger partial charge in [0.25, 0.3) is 11.8 Å². The highest BCUT2D eigenvalue weighted by atomic mass is 19.1. The van der Waals surface area contributed by atoms with E-state index >= 15 is 4.79 Å². The third kappa shape index (κ3) is 7.00. The molecular weight excluding hydrogens is 698 g/mol. The van der Waals surface area contributed by atoms with Crippen molar-refractivity contribution in [3.8, 4) is 22.9 Å². The number of aromatic nitrogens is 1. The van der Waals surface area contributed by atoms with E-state index in [0.29, 0.717) is 53.0 Å². The van der Waals surface area contributed by atoms with E-state index in [9.17, 15) is 19.4 Å². The van der Waals surface area contributed by atoms with Gasteiger partial charge in [-0.1, -0.05) is 42.5 Å². The number of benzene rings is 5. The molecule has 2 N–H and O–H groups in total. The molecule has 0 spiro atoms. The summed E-state index contributed by atoms with van der Waals surface area (Å²) in [6, 6.07) is 30.4. The number of rotatable bonds is 8. The maximum Gasteiger partial charge on any atom is 0.265 e. The molecule has 5 aromatic carbocycles. The number of hydrogen-bond donors (Lipinski definition) is 2. The zero-order valence-electron chi connectivity index (χ0n) is 30.7. The van der Waals surface area contributed by atoms with E-state index in [2.05, 4.69) is 29.0 Å². The Morgan fingerprint density at radius 3 is 2.18 bits per heavy atom. The summed E-state index contributed by atoms with van der Waals surface area (Å²) < 4.78 is 21.5. The Balaban J connectivity index is 1.24. The lowest BCUT2D eigenvalue weighted by Crippen LogP contribution is -2.53.